The Hall–Kier alpha value is -3.25. The normalized spacial score (nSPS) is 10.8. The van der Waals surface area contributed by atoms with Gasteiger partial charge in [0.2, 0.25) is 0 Å². The summed E-state index contributed by atoms with van der Waals surface area (Å²) in [5, 5.41) is 13.9. The minimum absolute atomic E-state index is 0.223. The summed E-state index contributed by atoms with van der Waals surface area (Å²) >= 11 is 3.52. The zero-order valence-electron chi connectivity index (χ0n) is 15.0. The fraction of sp³-hybridized carbons (Fsp3) is 0.0455. The van der Waals surface area contributed by atoms with E-state index in [0.717, 1.165) is 37.8 Å². The van der Waals surface area contributed by atoms with Crippen LogP contribution in [-0.2, 0) is 0 Å². The number of nitrogens with one attached hydrogen (secondary N) is 1. The zero-order valence-corrected chi connectivity index (χ0v) is 16.6. The van der Waals surface area contributed by atoms with E-state index >= 15 is 0 Å². The van der Waals surface area contributed by atoms with Crippen molar-refractivity contribution in [2.45, 2.75) is 6.92 Å². The topological polar surface area (TPSA) is 75.1 Å². The summed E-state index contributed by atoms with van der Waals surface area (Å²) in [4.78, 5) is 20.4. The van der Waals surface area contributed by atoms with Crippen LogP contribution in [0.25, 0.3) is 22.0 Å². The molecule has 0 radical (unpaired) electrons. The van der Waals surface area contributed by atoms with Gasteiger partial charge < -0.3 is 10.4 Å². The van der Waals surface area contributed by atoms with Crippen LogP contribution in [0.3, 0.4) is 0 Å². The van der Waals surface area contributed by atoms with Gasteiger partial charge in [0.15, 0.2) is 0 Å². The molecule has 0 amide bonds. The zero-order chi connectivity index (χ0) is 19.7. The average molecular weight is 434 g/mol. The van der Waals surface area contributed by atoms with Crippen molar-refractivity contribution < 1.29 is 9.90 Å². The standard InChI is InChI=1S/C22H16BrN3O2/c1-13-2-4-20(17(10-13)22(27)28)26-21-16-11-15(23)3-5-19(16)25-12-18(21)14-6-8-24-9-7-14/h2-12H,1H3,(H,25,26)(H,27,28). The van der Waals surface area contributed by atoms with Gasteiger partial charge in [-0.1, -0.05) is 27.6 Å². The molecule has 2 aromatic heterocycles. The van der Waals surface area contributed by atoms with Gasteiger partial charge in [0.25, 0.3) is 0 Å². The van der Waals surface area contributed by atoms with Gasteiger partial charge in [0, 0.05) is 34.0 Å². The first-order valence-electron chi connectivity index (χ1n) is 8.62. The van der Waals surface area contributed by atoms with Gasteiger partial charge in [-0.05, 0) is 55.0 Å². The van der Waals surface area contributed by atoms with Gasteiger partial charge in [-0.15, -0.1) is 0 Å². The quantitative estimate of drug-likeness (QED) is 0.424. The summed E-state index contributed by atoms with van der Waals surface area (Å²) in [7, 11) is 0. The molecular weight excluding hydrogens is 418 g/mol. The molecule has 2 N–H and O–H groups in total. The summed E-state index contributed by atoms with van der Waals surface area (Å²) in [6, 6.07) is 15.0. The lowest BCUT2D eigenvalue weighted by Gasteiger charge is -2.17. The fourth-order valence-electron chi connectivity index (χ4n) is 3.13. The molecule has 0 aliphatic rings. The Kier molecular flexibility index (Phi) is 4.79. The van der Waals surface area contributed by atoms with Crippen molar-refractivity contribution in [3.8, 4) is 11.1 Å². The van der Waals surface area contributed by atoms with E-state index in [1.807, 2.05) is 43.3 Å². The molecule has 0 fully saturated rings. The Labute approximate surface area is 170 Å². The number of carboxylic acids is 1. The molecule has 0 aliphatic heterocycles. The third kappa shape index (κ3) is 3.46. The van der Waals surface area contributed by atoms with Crippen LogP contribution in [0.2, 0.25) is 0 Å². The predicted molar refractivity (Wildman–Crippen MR) is 114 cm³/mol. The maximum absolute atomic E-state index is 11.8. The maximum atomic E-state index is 11.8. The Balaban J connectivity index is 1.97. The molecule has 28 heavy (non-hydrogen) atoms. The lowest BCUT2D eigenvalue weighted by molar-refractivity contribution is 0.0698. The summed E-state index contributed by atoms with van der Waals surface area (Å²) < 4.78 is 0.916. The van der Waals surface area contributed by atoms with Crippen molar-refractivity contribution in [1.29, 1.82) is 0 Å². The molecule has 4 aromatic rings. The van der Waals surface area contributed by atoms with Crippen LogP contribution >= 0.6 is 15.9 Å². The number of benzene rings is 2. The molecule has 0 saturated carbocycles. The third-order valence-electron chi connectivity index (χ3n) is 4.49. The second-order valence-corrected chi connectivity index (χ2v) is 7.34. The Morgan fingerprint density at radius 3 is 2.61 bits per heavy atom. The van der Waals surface area contributed by atoms with Crippen LogP contribution in [-0.4, -0.2) is 21.0 Å². The number of hydrogen-bond donors (Lipinski definition) is 2. The SMILES string of the molecule is Cc1ccc(Nc2c(-c3ccncc3)cnc3ccc(Br)cc23)c(C(=O)O)c1. The number of halogens is 1. The molecule has 2 heterocycles. The van der Waals surface area contributed by atoms with Gasteiger partial charge in [0.05, 0.1) is 22.5 Å². The lowest BCUT2D eigenvalue weighted by Crippen LogP contribution is -2.04. The van der Waals surface area contributed by atoms with Crippen molar-refractivity contribution in [1.82, 2.24) is 9.97 Å². The highest BCUT2D eigenvalue weighted by atomic mass is 79.9. The summed E-state index contributed by atoms with van der Waals surface area (Å²) in [6.45, 7) is 1.87. The first kappa shape index (κ1) is 18.1. The highest BCUT2D eigenvalue weighted by Crippen LogP contribution is 2.37. The van der Waals surface area contributed by atoms with Gasteiger partial charge in [-0.2, -0.15) is 0 Å². The van der Waals surface area contributed by atoms with Crippen LogP contribution < -0.4 is 5.32 Å². The van der Waals surface area contributed by atoms with E-state index in [9.17, 15) is 9.90 Å². The van der Waals surface area contributed by atoms with Gasteiger partial charge >= 0.3 is 5.97 Å². The minimum atomic E-state index is -0.976. The first-order chi connectivity index (χ1) is 13.5. The molecule has 0 unspecified atom stereocenters. The summed E-state index contributed by atoms with van der Waals surface area (Å²) in [5.74, 6) is -0.976. The van der Waals surface area contributed by atoms with E-state index in [4.69, 9.17) is 0 Å². The molecule has 5 nitrogen and oxygen atoms in total. The number of anilines is 2. The van der Waals surface area contributed by atoms with Crippen molar-refractivity contribution in [2.75, 3.05) is 5.32 Å². The second kappa shape index (κ2) is 7.40. The number of rotatable bonds is 4. The molecule has 2 aromatic carbocycles. The molecular formula is C22H16BrN3O2. The number of pyridine rings is 2. The number of carbonyl (C=O) groups is 1. The molecule has 0 aliphatic carbocycles. The Bertz CT molecular complexity index is 1190. The minimum Gasteiger partial charge on any atom is -0.478 e. The molecule has 6 heteroatoms. The van der Waals surface area contributed by atoms with Crippen LogP contribution in [0.5, 0.6) is 0 Å². The van der Waals surface area contributed by atoms with Gasteiger partial charge in [-0.25, -0.2) is 4.79 Å². The van der Waals surface area contributed by atoms with E-state index in [0.29, 0.717) is 5.69 Å². The highest BCUT2D eigenvalue weighted by Gasteiger charge is 2.16. The van der Waals surface area contributed by atoms with E-state index in [1.165, 1.54) is 0 Å². The van der Waals surface area contributed by atoms with Crippen LogP contribution in [0.15, 0.2) is 71.6 Å². The number of aromatic nitrogens is 2. The largest absolute Gasteiger partial charge is 0.478 e. The van der Waals surface area contributed by atoms with Crippen LogP contribution in [0, 0.1) is 6.92 Å². The monoisotopic (exact) mass is 433 g/mol. The van der Waals surface area contributed by atoms with E-state index in [-0.39, 0.29) is 5.56 Å². The molecule has 4 rings (SSSR count). The summed E-state index contributed by atoms with van der Waals surface area (Å²) in [6.07, 6.45) is 5.24. The number of aryl methyl sites for hydroxylation is 1. The van der Waals surface area contributed by atoms with Crippen molar-refractivity contribution in [3.63, 3.8) is 0 Å². The predicted octanol–water partition coefficient (Wildman–Crippen LogP) is 5.81. The second-order valence-electron chi connectivity index (χ2n) is 6.42. The number of nitrogens with zero attached hydrogens (tertiary/aromatic N) is 2. The van der Waals surface area contributed by atoms with E-state index in [1.54, 1.807) is 30.7 Å². The highest BCUT2D eigenvalue weighted by molar-refractivity contribution is 9.10. The molecule has 0 atom stereocenters. The van der Waals surface area contributed by atoms with Gasteiger partial charge in [0.1, 0.15) is 0 Å². The maximum Gasteiger partial charge on any atom is 0.337 e. The molecule has 0 bridgehead atoms. The van der Waals surface area contributed by atoms with Crippen LogP contribution in [0.1, 0.15) is 15.9 Å². The van der Waals surface area contributed by atoms with Crippen molar-refractivity contribution >= 4 is 44.2 Å². The Morgan fingerprint density at radius 1 is 1.07 bits per heavy atom. The van der Waals surface area contributed by atoms with E-state index < -0.39 is 5.97 Å². The molecule has 0 saturated heterocycles. The molecule has 0 spiro atoms. The number of hydrogen-bond acceptors (Lipinski definition) is 4. The fourth-order valence-corrected chi connectivity index (χ4v) is 3.49. The number of aromatic carboxylic acids is 1. The first-order valence-corrected chi connectivity index (χ1v) is 9.42. The number of carboxylic acid groups (broad SMARTS) is 1. The average Bonchev–Trinajstić information content (AvgIpc) is 2.70. The summed E-state index contributed by atoms with van der Waals surface area (Å²) in [5.41, 5.74) is 5.05. The van der Waals surface area contributed by atoms with Crippen molar-refractivity contribution in [3.05, 3.63) is 82.7 Å². The smallest absolute Gasteiger partial charge is 0.337 e. The third-order valence-corrected chi connectivity index (χ3v) is 4.98. The van der Waals surface area contributed by atoms with Crippen molar-refractivity contribution in [2.24, 2.45) is 0 Å². The van der Waals surface area contributed by atoms with Crippen LogP contribution in [0.4, 0.5) is 11.4 Å². The Morgan fingerprint density at radius 2 is 1.86 bits per heavy atom. The van der Waals surface area contributed by atoms with E-state index in [2.05, 4.69) is 31.2 Å². The lowest BCUT2D eigenvalue weighted by atomic mass is 10.0. The number of fused-ring (bicyclic) bond motifs is 1. The molecule has 138 valence electrons. The van der Waals surface area contributed by atoms with Gasteiger partial charge in [-0.3, -0.25) is 9.97 Å².